The number of rotatable bonds is 6. The van der Waals surface area contributed by atoms with Crippen molar-refractivity contribution in [2.75, 3.05) is 51.8 Å². The van der Waals surface area contributed by atoms with Crippen LogP contribution in [0.25, 0.3) is 0 Å². The Balaban J connectivity index is 1.84. The zero-order valence-electron chi connectivity index (χ0n) is 11.7. The molecule has 1 aliphatic heterocycles. The van der Waals surface area contributed by atoms with Crippen molar-refractivity contribution in [3.63, 3.8) is 0 Å². The predicted octanol–water partition coefficient (Wildman–Crippen LogP) is 0.792. The molecule has 0 aromatic carbocycles. The fourth-order valence-corrected chi connectivity index (χ4v) is 1.99. The first-order valence-electron chi connectivity index (χ1n) is 6.77. The van der Waals surface area contributed by atoms with Crippen molar-refractivity contribution in [2.24, 2.45) is 0 Å². The first-order chi connectivity index (χ1) is 9.31. The third-order valence-corrected chi connectivity index (χ3v) is 3.11. The predicted molar refractivity (Wildman–Crippen MR) is 73.7 cm³/mol. The minimum absolute atomic E-state index is 0.612. The molecule has 0 radical (unpaired) electrons. The molecule has 106 valence electrons. The highest BCUT2D eigenvalue weighted by Gasteiger charge is 2.09. The molecule has 0 bridgehead atoms. The third-order valence-electron chi connectivity index (χ3n) is 3.11. The Kier molecular flexibility index (Phi) is 5.35. The number of hydrogen-bond acceptors (Lipinski definition) is 6. The lowest BCUT2D eigenvalue weighted by Gasteiger charge is -2.26. The van der Waals surface area contributed by atoms with Gasteiger partial charge in [-0.1, -0.05) is 6.92 Å². The van der Waals surface area contributed by atoms with E-state index >= 15 is 0 Å². The average Bonchev–Trinajstić information content (AvgIpc) is 2.48. The highest BCUT2D eigenvalue weighted by molar-refractivity contribution is 5.38. The largest absolute Gasteiger partial charge is 0.481 e. The van der Waals surface area contributed by atoms with Crippen LogP contribution in [0.1, 0.15) is 12.7 Å². The molecule has 0 amide bonds. The van der Waals surface area contributed by atoms with Crippen LogP contribution in [0, 0.1) is 0 Å². The van der Waals surface area contributed by atoms with E-state index in [0.717, 1.165) is 57.5 Å². The van der Waals surface area contributed by atoms with Gasteiger partial charge in [-0.3, -0.25) is 4.90 Å². The van der Waals surface area contributed by atoms with Gasteiger partial charge in [0.25, 0.3) is 0 Å². The summed E-state index contributed by atoms with van der Waals surface area (Å²) in [7, 11) is 1.62. The van der Waals surface area contributed by atoms with E-state index in [0.29, 0.717) is 5.88 Å². The summed E-state index contributed by atoms with van der Waals surface area (Å²) >= 11 is 0. The van der Waals surface area contributed by atoms with Crippen molar-refractivity contribution < 1.29 is 9.47 Å². The number of morpholine rings is 1. The second-order valence-corrected chi connectivity index (χ2v) is 4.45. The van der Waals surface area contributed by atoms with E-state index in [1.165, 1.54) is 0 Å². The number of nitrogens with one attached hydrogen (secondary N) is 1. The number of hydrogen-bond donors (Lipinski definition) is 1. The Morgan fingerprint density at radius 1 is 1.37 bits per heavy atom. The molecule has 0 saturated carbocycles. The second kappa shape index (κ2) is 7.25. The van der Waals surface area contributed by atoms with Gasteiger partial charge in [-0.15, -0.1) is 0 Å². The quantitative estimate of drug-likeness (QED) is 0.821. The molecule has 1 saturated heterocycles. The zero-order chi connectivity index (χ0) is 13.5. The van der Waals surface area contributed by atoms with Crippen LogP contribution in [0.3, 0.4) is 0 Å². The molecule has 1 aliphatic rings. The van der Waals surface area contributed by atoms with E-state index in [4.69, 9.17) is 9.47 Å². The van der Waals surface area contributed by atoms with Gasteiger partial charge in [0.05, 0.1) is 20.3 Å². The molecule has 6 heteroatoms. The van der Waals surface area contributed by atoms with Crippen molar-refractivity contribution in [3.05, 3.63) is 11.9 Å². The van der Waals surface area contributed by atoms with Crippen molar-refractivity contribution in [1.29, 1.82) is 0 Å². The van der Waals surface area contributed by atoms with Crippen molar-refractivity contribution in [3.8, 4) is 5.88 Å². The van der Waals surface area contributed by atoms with Crippen molar-refractivity contribution in [1.82, 2.24) is 14.9 Å². The molecule has 19 heavy (non-hydrogen) atoms. The van der Waals surface area contributed by atoms with Gasteiger partial charge in [0.15, 0.2) is 0 Å². The van der Waals surface area contributed by atoms with Gasteiger partial charge in [-0.25, -0.2) is 4.98 Å². The van der Waals surface area contributed by atoms with Gasteiger partial charge in [-0.05, 0) is 0 Å². The second-order valence-electron chi connectivity index (χ2n) is 4.45. The fraction of sp³-hybridized carbons (Fsp3) is 0.692. The van der Waals surface area contributed by atoms with Crippen LogP contribution >= 0.6 is 0 Å². The standard InChI is InChI=1S/C13H22N4O2/c1-3-11-15-12(10-13(16-11)18-2)14-4-5-17-6-8-19-9-7-17/h10H,3-9H2,1-2H3,(H,14,15,16). The first kappa shape index (κ1) is 14.0. The highest BCUT2D eigenvalue weighted by atomic mass is 16.5. The van der Waals surface area contributed by atoms with Crippen LogP contribution in [-0.2, 0) is 11.2 Å². The molecule has 1 fully saturated rings. The van der Waals surface area contributed by atoms with Crippen LogP contribution in [0.5, 0.6) is 5.88 Å². The molecule has 6 nitrogen and oxygen atoms in total. The normalized spacial score (nSPS) is 16.3. The van der Waals surface area contributed by atoms with Crippen LogP contribution in [0.15, 0.2) is 6.07 Å². The zero-order valence-corrected chi connectivity index (χ0v) is 11.7. The lowest BCUT2D eigenvalue weighted by atomic mass is 10.4. The summed E-state index contributed by atoms with van der Waals surface area (Å²) < 4.78 is 10.5. The lowest BCUT2D eigenvalue weighted by molar-refractivity contribution is 0.0398. The van der Waals surface area contributed by atoms with Gasteiger partial charge < -0.3 is 14.8 Å². The maximum Gasteiger partial charge on any atom is 0.218 e. The lowest BCUT2D eigenvalue weighted by Crippen LogP contribution is -2.39. The van der Waals surface area contributed by atoms with E-state index in [1.54, 1.807) is 7.11 Å². The molecule has 2 rings (SSSR count). The molecule has 1 aromatic rings. The van der Waals surface area contributed by atoms with Crippen molar-refractivity contribution >= 4 is 5.82 Å². The van der Waals surface area contributed by atoms with E-state index in [1.807, 2.05) is 13.0 Å². The van der Waals surface area contributed by atoms with Crippen LogP contribution in [0.2, 0.25) is 0 Å². The summed E-state index contributed by atoms with van der Waals surface area (Å²) in [5.74, 6) is 2.24. The van der Waals surface area contributed by atoms with Crippen LogP contribution in [-0.4, -0.2) is 61.4 Å². The van der Waals surface area contributed by atoms with Crippen molar-refractivity contribution in [2.45, 2.75) is 13.3 Å². The van der Waals surface area contributed by atoms with Gasteiger partial charge >= 0.3 is 0 Å². The van der Waals surface area contributed by atoms with Gasteiger partial charge in [0, 0.05) is 38.7 Å². The maximum absolute atomic E-state index is 5.33. The molecular weight excluding hydrogens is 244 g/mol. The van der Waals surface area contributed by atoms with E-state index in [9.17, 15) is 0 Å². The Morgan fingerprint density at radius 3 is 2.84 bits per heavy atom. The van der Waals surface area contributed by atoms with Gasteiger partial charge in [-0.2, -0.15) is 4.98 Å². The number of nitrogens with zero attached hydrogens (tertiary/aromatic N) is 3. The number of aryl methyl sites for hydroxylation is 1. The third kappa shape index (κ3) is 4.33. The number of methoxy groups -OCH3 is 1. The highest BCUT2D eigenvalue weighted by Crippen LogP contribution is 2.13. The summed E-state index contributed by atoms with van der Waals surface area (Å²) in [6.07, 6.45) is 0.801. The fourth-order valence-electron chi connectivity index (χ4n) is 1.99. The minimum atomic E-state index is 0.612. The Morgan fingerprint density at radius 2 is 2.16 bits per heavy atom. The Hall–Kier alpha value is -1.40. The monoisotopic (exact) mass is 266 g/mol. The summed E-state index contributed by atoms with van der Waals surface area (Å²) in [6.45, 7) is 7.58. The summed E-state index contributed by atoms with van der Waals surface area (Å²) in [5, 5.41) is 3.33. The molecule has 0 atom stereocenters. The van der Waals surface area contributed by atoms with Gasteiger partial charge in [0.2, 0.25) is 5.88 Å². The maximum atomic E-state index is 5.33. The molecular formula is C13H22N4O2. The molecule has 0 aliphatic carbocycles. The van der Waals surface area contributed by atoms with E-state index in [-0.39, 0.29) is 0 Å². The van der Waals surface area contributed by atoms with Gasteiger partial charge in [0.1, 0.15) is 11.6 Å². The minimum Gasteiger partial charge on any atom is -0.481 e. The number of anilines is 1. The average molecular weight is 266 g/mol. The number of aromatic nitrogens is 2. The van der Waals surface area contributed by atoms with E-state index < -0.39 is 0 Å². The smallest absolute Gasteiger partial charge is 0.218 e. The molecule has 2 heterocycles. The molecule has 1 aromatic heterocycles. The van der Waals surface area contributed by atoms with Crippen LogP contribution < -0.4 is 10.1 Å². The summed E-state index contributed by atoms with van der Waals surface area (Å²) in [5.41, 5.74) is 0. The Labute approximate surface area is 114 Å². The number of ether oxygens (including phenoxy) is 2. The molecule has 0 spiro atoms. The summed E-state index contributed by atoms with van der Waals surface area (Å²) in [6, 6.07) is 1.83. The van der Waals surface area contributed by atoms with E-state index in [2.05, 4.69) is 20.2 Å². The Bertz CT molecular complexity index is 372. The summed E-state index contributed by atoms with van der Waals surface area (Å²) in [4.78, 5) is 11.1. The van der Waals surface area contributed by atoms with Crippen LogP contribution in [0.4, 0.5) is 5.82 Å². The topological polar surface area (TPSA) is 59.5 Å². The molecule has 0 unspecified atom stereocenters. The first-order valence-corrected chi connectivity index (χ1v) is 6.77. The molecule has 1 N–H and O–H groups in total. The SMILES string of the molecule is CCc1nc(NCCN2CCOCC2)cc(OC)n1.